The van der Waals surface area contributed by atoms with Gasteiger partial charge in [0.2, 0.25) is 0 Å². The zero-order chi connectivity index (χ0) is 24.2. The Balaban J connectivity index is 1.81. The minimum atomic E-state index is -1.66. The number of thioether (sulfide) groups is 1. The summed E-state index contributed by atoms with van der Waals surface area (Å²) < 4.78 is 37.5. The van der Waals surface area contributed by atoms with E-state index in [-0.39, 0.29) is 40.7 Å². The van der Waals surface area contributed by atoms with E-state index >= 15 is 4.39 Å². The van der Waals surface area contributed by atoms with Crippen molar-refractivity contribution in [2.24, 2.45) is 34.5 Å². The van der Waals surface area contributed by atoms with E-state index in [9.17, 15) is 14.0 Å². The molecule has 7 unspecified atom stereocenters. The Morgan fingerprint density at radius 3 is 2.73 bits per heavy atom. The minimum Gasteiger partial charge on any atom is -0.372 e. The summed E-state index contributed by atoms with van der Waals surface area (Å²) in [6.45, 7) is 10.2. The van der Waals surface area contributed by atoms with Crippen molar-refractivity contribution < 1.29 is 23.1 Å². The first-order valence-corrected chi connectivity index (χ1v) is 13.5. The van der Waals surface area contributed by atoms with E-state index < -0.39 is 28.6 Å². The third-order valence-corrected chi connectivity index (χ3v) is 10.1. The molecule has 3 fully saturated rings. The number of alkyl halides is 2. The molecule has 0 spiro atoms. The Bertz CT molecular complexity index is 871. The van der Waals surface area contributed by atoms with Crippen molar-refractivity contribution in [3.8, 4) is 0 Å². The van der Waals surface area contributed by atoms with Gasteiger partial charge in [-0.25, -0.2) is 8.78 Å². The lowest BCUT2D eigenvalue weighted by atomic mass is 9.45. The van der Waals surface area contributed by atoms with Gasteiger partial charge in [-0.05, 0) is 75.4 Å². The van der Waals surface area contributed by atoms with E-state index in [0.717, 1.165) is 36.6 Å². The standard InChI is InChI=1S/C27H38F2O3S/c1-6-7-17(3)32-22-14-25(4)21(12-16(2)23(25)24(31)33-15-28)20-9-8-18-13-19(30)10-11-26(18,5)27(20,22)29/h10-11,13,16-17,20-23H,6-9,12,14-15H2,1-5H3/t16-,17?,20?,21?,22?,23?,25?,26?,27+/m1/s1. The van der Waals surface area contributed by atoms with Crippen molar-refractivity contribution in [2.75, 3.05) is 6.01 Å². The lowest BCUT2D eigenvalue weighted by molar-refractivity contribution is -0.223. The van der Waals surface area contributed by atoms with Crippen LogP contribution in [0, 0.1) is 34.5 Å². The number of allylic oxidation sites excluding steroid dienone is 4. The summed E-state index contributed by atoms with van der Waals surface area (Å²) in [5.74, 6) is -0.544. The lowest BCUT2D eigenvalue weighted by Crippen LogP contribution is -2.67. The molecule has 0 aliphatic heterocycles. The van der Waals surface area contributed by atoms with Gasteiger partial charge in [-0.15, -0.1) is 0 Å². The summed E-state index contributed by atoms with van der Waals surface area (Å²) in [4.78, 5) is 25.2. The van der Waals surface area contributed by atoms with Crippen LogP contribution in [0.15, 0.2) is 23.8 Å². The number of halogens is 2. The van der Waals surface area contributed by atoms with Crippen LogP contribution in [0.5, 0.6) is 0 Å². The molecule has 33 heavy (non-hydrogen) atoms. The molecule has 184 valence electrons. The van der Waals surface area contributed by atoms with Crippen LogP contribution in [0.25, 0.3) is 0 Å². The van der Waals surface area contributed by atoms with Crippen LogP contribution in [-0.4, -0.2) is 34.8 Å². The molecular formula is C27H38F2O3S. The molecule has 0 aromatic carbocycles. The Kier molecular flexibility index (Phi) is 6.76. The van der Waals surface area contributed by atoms with Crippen LogP contribution in [0.1, 0.15) is 73.1 Å². The normalized spacial score (nSPS) is 45.1. The molecule has 0 aromatic rings. The highest BCUT2D eigenvalue weighted by molar-refractivity contribution is 8.13. The van der Waals surface area contributed by atoms with Crippen molar-refractivity contribution in [1.82, 2.24) is 0 Å². The quantitative estimate of drug-likeness (QED) is 0.429. The first-order valence-electron chi connectivity index (χ1n) is 12.5. The van der Waals surface area contributed by atoms with Gasteiger partial charge in [-0.3, -0.25) is 9.59 Å². The molecule has 4 rings (SSSR count). The molecule has 9 atom stereocenters. The second-order valence-electron chi connectivity index (χ2n) is 11.3. The minimum absolute atomic E-state index is 0.0254. The molecule has 0 aromatic heterocycles. The fourth-order valence-corrected chi connectivity index (χ4v) is 8.88. The van der Waals surface area contributed by atoms with Crippen LogP contribution in [-0.2, 0) is 14.3 Å². The van der Waals surface area contributed by atoms with E-state index in [1.807, 2.05) is 13.8 Å². The van der Waals surface area contributed by atoms with E-state index in [2.05, 4.69) is 20.8 Å². The second kappa shape index (κ2) is 8.89. The van der Waals surface area contributed by atoms with Gasteiger partial charge in [0.1, 0.15) is 6.01 Å². The summed E-state index contributed by atoms with van der Waals surface area (Å²) >= 11 is 0.758. The fraction of sp³-hybridized carbons (Fsp3) is 0.778. The fourth-order valence-electron chi connectivity index (χ4n) is 8.09. The Labute approximate surface area is 201 Å². The van der Waals surface area contributed by atoms with E-state index in [4.69, 9.17) is 4.74 Å². The van der Waals surface area contributed by atoms with Crippen molar-refractivity contribution in [3.05, 3.63) is 23.8 Å². The largest absolute Gasteiger partial charge is 0.372 e. The number of hydrogen-bond donors (Lipinski definition) is 0. The zero-order valence-corrected chi connectivity index (χ0v) is 21.4. The summed E-state index contributed by atoms with van der Waals surface area (Å²) in [6.07, 6.45) is 8.43. The summed E-state index contributed by atoms with van der Waals surface area (Å²) in [5.41, 5.74) is -2.13. The third kappa shape index (κ3) is 3.69. The van der Waals surface area contributed by atoms with Crippen LogP contribution in [0.2, 0.25) is 0 Å². The summed E-state index contributed by atoms with van der Waals surface area (Å²) in [6, 6.07) is -0.724. The molecule has 0 saturated heterocycles. The van der Waals surface area contributed by atoms with E-state index in [1.165, 1.54) is 6.08 Å². The van der Waals surface area contributed by atoms with Crippen molar-refractivity contribution >= 4 is 22.7 Å². The zero-order valence-electron chi connectivity index (χ0n) is 20.5. The Morgan fingerprint density at radius 1 is 1.33 bits per heavy atom. The van der Waals surface area contributed by atoms with Crippen LogP contribution >= 0.6 is 11.8 Å². The topological polar surface area (TPSA) is 43.4 Å². The molecule has 0 bridgehead atoms. The number of ketones is 1. The molecule has 3 saturated carbocycles. The predicted molar refractivity (Wildman–Crippen MR) is 128 cm³/mol. The molecule has 6 heteroatoms. The van der Waals surface area contributed by atoms with E-state index in [0.29, 0.717) is 19.3 Å². The lowest BCUT2D eigenvalue weighted by Gasteiger charge is -2.63. The van der Waals surface area contributed by atoms with Crippen molar-refractivity contribution in [2.45, 2.75) is 91.0 Å². The van der Waals surface area contributed by atoms with Crippen LogP contribution in [0.4, 0.5) is 8.78 Å². The van der Waals surface area contributed by atoms with Crippen molar-refractivity contribution in [3.63, 3.8) is 0 Å². The van der Waals surface area contributed by atoms with Gasteiger partial charge in [0.05, 0.1) is 12.2 Å². The Hall–Kier alpha value is -1.01. The molecule has 0 radical (unpaired) electrons. The average Bonchev–Trinajstić information content (AvgIpc) is 3.00. The average molecular weight is 481 g/mol. The van der Waals surface area contributed by atoms with Gasteiger partial charge >= 0.3 is 0 Å². The Morgan fingerprint density at radius 2 is 2.06 bits per heavy atom. The third-order valence-electron chi connectivity index (χ3n) is 9.50. The summed E-state index contributed by atoms with van der Waals surface area (Å²) in [5, 5.41) is -0.104. The number of hydrogen-bond acceptors (Lipinski definition) is 4. The second-order valence-corrected chi connectivity index (χ2v) is 12.2. The maximum absolute atomic E-state index is 17.9. The predicted octanol–water partition coefficient (Wildman–Crippen LogP) is 6.62. The maximum Gasteiger partial charge on any atom is 0.195 e. The SMILES string of the molecule is CCCC(C)OC1CC2(C)C(C[C@@H](C)C2C(=O)SCF)C2CCC3=CC(=O)C=CC3(C)[C@@]12F. The molecule has 0 N–H and O–H groups in total. The molecule has 4 aliphatic carbocycles. The number of rotatable bonds is 6. The van der Waals surface area contributed by atoms with Gasteiger partial charge in [0.15, 0.2) is 16.6 Å². The number of carbonyl (C=O) groups is 2. The summed E-state index contributed by atoms with van der Waals surface area (Å²) in [7, 11) is 0. The molecule has 0 amide bonds. The highest BCUT2D eigenvalue weighted by atomic mass is 32.2. The number of fused-ring (bicyclic) bond motifs is 5. The van der Waals surface area contributed by atoms with Gasteiger partial charge in [-0.2, -0.15) is 0 Å². The van der Waals surface area contributed by atoms with E-state index in [1.54, 1.807) is 12.2 Å². The monoisotopic (exact) mass is 480 g/mol. The van der Waals surface area contributed by atoms with Crippen molar-refractivity contribution in [1.29, 1.82) is 0 Å². The van der Waals surface area contributed by atoms with Gasteiger partial charge < -0.3 is 4.74 Å². The van der Waals surface area contributed by atoms with Gasteiger partial charge in [0.25, 0.3) is 0 Å². The number of carbonyl (C=O) groups excluding carboxylic acids is 2. The van der Waals surface area contributed by atoms with Crippen LogP contribution < -0.4 is 0 Å². The molecule has 4 aliphatic rings. The molecule has 3 nitrogen and oxygen atoms in total. The first kappa shape index (κ1) is 25.1. The molecule has 0 heterocycles. The van der Waals surface area contributed by atoms with Gasteiger partial charge in [0, 0.05) is 17.3 Å². The first-order chi connectivity index (χ1) is 15.5. The molecular weight excluding hydrogens is 442 g/mol. The van der Waals surface area contributed by atoms with Gasteiger partial charge in [-0.1, -0.05) is 50.6 Å². The number of ether oxygens (including phenoxy) is 1. The van der Waals surface area contributed by atoms with Crippen LogP contribution in [0.3, 0.4) is 0 Å². The highest BCUT2D eigenvalue weighted by Crippen LogP contribution is 2.70. The maximum atomic E-state index is 17.9. The highest BCUT2D eigenvalue weighted by Gasteiger charge is 2.72. The smallest absolute Gasteiger partial charge is 0.195 e.